The van der Waals surface area contributed by atoms with Gasteiger partial charge in [0.2, 0.25) is 5.91 Å². The Bertz CT molecular complexity index is 1020. The first-order valence-electron chi connectivity index (χ1n) is 10.2. The Morgan fingerprint density at radius 2 is 2.23 bits per heavy atom. The molecule has 0 aliphatic carbocycles. The first-order chi connectivity index (χ1) is 15.1. The number of anilines is 2. The lowest BCUT2D eigenvalue weighted by molar-refractivity contribution is -0.142. The molecular weight excluding hydrogens is 418 g/mol. The van der Waals surface area contributed by atoms with Crippen LogP contribution in [0.3, 0.4) is 0 Å². The summed E-state index contributed by atoms with van der Waals surface area (Å²) in [6.07, 6.45) is 3.37. The second-order valence-corrected chi connectivity index (χ2v) is 8.01. The van der Waals surface area contributed by atoms with Crippen LogP contribution in [-0.4, -0.2) is 46.8 Å². The fraction of sp³-hybridized carbons (Fsp3) is 0.381. The van der Waals surface area contributed by atoms with E-state index in [2.05, 4.69) is 25.4 Å². The molecule has 9 nitrogen and oxygen atoms in total. The maximum Gasteiger partial charge on any atom is 0.311 e. The van der Waals surface area contributed by atoms with E-state index in [1.807, 2.05) is 18.2 Å². The first kappa shape index (κ1) is 21.0. The van der Waals surface area contributed by atoms with E-state index in [9.17, 15) is 9.59 Å². The zero-order chi connectivity index (χ0) is 21.6. The number of amides is 1. The number of carbonyl (C=O) groups excluding carboxylic acids is 2. The molecule has 0 aromatic carbocycles. The van der Waals surface area contributed by atoms with E-state index in [1.54, 1.807) is 24.6 Å². The monoisotopic (exact) mass is 441 g/mol. The number of thiazole rings is 1. The number of rotatable bonds is 7. The largest absolute Gasteiger partial charge is 0.466 e. The third-order valence-electron chi connectivity index (χ3n) is 4.95. The quantitative estimate of drug-likeness (QED) is 0.557. The predicted molar refractivity (Wildman–Crippen MR) is 116 cm³/mol. The summed E-state index contributed by atoms with van der Waals surface area (Å²) in [5.74, 6) is 0.812. The normalized spacial score (nSPS) is 16.2. The van der Waals surface area contributed by atoms with Crippen LogP contribution >= 0.6 is 11.3 Å². The van der Waals surface area contributed by atoms with Crippen molar-refractivity contribution >= 4 is 34.2 Å². The lowest BCUT2D eigenvalue weighted by atomic mass is 9.97. The maximum atomic E-state index is 12.8. The molecule has 4 rings (SSSR count). The molecule has 1 saturated heterocycles. The van der Waals surface area contributed by atoms with Crippen LogP contribution in [0.1, 0.15) is 25.5 Å². The van der Waals surface area contributed by atoms with E-state index in [0.29, 0.717) is 35.4 Å². The average molecular weight is 442 g/mol. The molecule has 0 radical (unpaired) electrons. The fourth-order valence-corrected chi connectivity index (χ4v) is 4.17. The summed E-state index contributed by atoms with van der Waals surface area (Å²) in [6.45, 7) is 3.47. The second-order valence-electron chi connectivity index (χ2n) is 7.15. The molecule has 1 unspecified atom stereocenters. The van der Waals surface area contributed by atoms with Gasteiger partial charge in [0.05, 0.1) is 30.9 Å². The Kier molecular flexibility index (Phi) is 6.56. The van der Waals surface area contributed by atoms with Crippen LogP contribution in [0.15, 0.2) is 40.3 Å². The first-order valence-corrected chi connectivity index (χ1v) is 11.0. The number of nitrogens with zero attached hydrogens (tertiary/aromatic N) is 4. The summed E-state index contributed by atoms with van der Waals surface area (Å²) in [6, 6.07) is 7.40. The van der Waals surface area contributed by atoms with Crippen molar-refractivity contribution in [3.8, 4) is 11.5 Å². The highest BCUT2D eigenvalue weighted by molar-refractivity contribution is 7.13. The maximum absolute atomic E-state index is 12.8. The lowest BCUT2D eigenvalue weighted by Crippen LogP contribution is -2.41. The van der Waals surface area contributed by atoms with Crippen LogP contribution in [0.5, 0.6) is 0 Å². The highest BCUT2D eigenvalue weighted by atomic mass is 32.1. The molecule has 1 aliphatic rings. The number of aromatic nitrogens is 3. The van der Waals surface area contributed by atoms with Crippen molar-refractivity contribution in [2.24, 2.45) is 5.92 Å². The van der Waals surface area contributed by atoms with Gasteiger partial charge in [0.25, 0.3) is 0 Å². The van der Waals surface area contributed by atoms with Crippen LogP contribution in [-0.2, 0) is 20.7 Å². The molecule has 1 N–H and O–H groups in total. The SMILES string of the molecule is CCOC(=O)Cc1csc(NC(=O)C2CCCN(c3ccc(-c4ccco4)nn3)C2)n1. The zero-order valence-corrected chi connectivity index (χ0v) is 17.9. The minimum atomic E-state index is -0.326. The molecule has 0 spiro atoms. The third kappa shape index (κ3) is 5.26. The number of furan rings is 1. The van der Waals surface area contributed by atoms with Gasteiger partial charge in [-0.15, -0.1) is 21.5 Å². The van der Waals surface area contributed by atoms with E-state index in [1.165, 1.54) is 11.3 Å². The molecule has 4 heterocycles. The van der Waals surface area contributed by atoms with Crippen molar-refractivity contribution in [1.82, 2.24) is 15.2 Å². The van der Waals surface area contributed by atoms with Crippen molar-refractivity contribution in [2.45, 2.75) is 26.2 Å². The summed E-state index contributed by atoms with van der Waals surface area (Å²) in [5, 5.41) is 13.7. The standard InChI is InChI=1S/C21H23N5O4S/c1-2-29-19(27)11-15-13-31-21(22-15)23-20(28)14-5-3-9-26(12-14)18-8-7-16(24-25-18)17-6-4-10-30-17/h4,6-8,10,13-14H,2-3,5,9,11-12H2,1H3,(H,22,23,28). The summed E-state index contributed by atoms with van der Waals surface area (Å²) < 4.78 is 10.3. The van der Waals surface area contributed by atoms with Crippen LogP contribution in [0.2, 0.25) is 0 Å². The highest BCUT2D eigenvalue weighted by Crippen LogP contribution is 2.25. The minimum absolute atomic E-state index is 0.0816. The smallest absolute Gasteiger partial charge is 0.311 e. The Labute approximate surface area is 183 Å². The van der Waals surface area contributed by atoms with Crippen molar-refractivity contribution in [1.29, 1.82) is 0 Å². The molecule has 3 aromatic rings. The Balaban J connectivity index is 1.34. The topological polar surface area (TPSA) is 110 Å². The molecule has 0 bridgehead atoms. The van der Waals surface area contributed by atoms with Crippen LogP contribution in [0, 0.1) is 5.92 Å². The summed E-state index contributed by atoms with van der Waals surface area (Å²) in [7, 11) is 0. The van der Waals surface area contributed by atoms with Gasteiger partial charge in [-0.25, -0.2) is 4.98 Å². The van der Waals surface area contributed by atoms with Gasteiger partial charge in [-0.2, -0.15) is 0 Å². The van der Waals surface area contributed by atoms with Gasteiger partial charge < -0.3 is 19.4 Å². The van der Waals surface area contributed by atoms with Crippen molar-refractivity contribution in [3.05, 3.63) is 41.6 Å². The molecular formula is C21H23N5O4S. The van der Waals surface area contributed by atoms with E-state index in [0.717, 1.165) is 25.2 Å². The van der Waals surface area contributed by atoms with E-state index in [-0.39, 0.29) is 24.2 Å². The van der Waals surface area contributed by atoms with Crippen LogP contribution < -0.4 is 10.2 Å². The van der Waals surface area contributed by atoms with Gasteiger partial charge in [0, 0.05) is 18.5 Å². The summed E-state index contributed by atoms with van der Waals surface area (Å²) in [5.41, 5.74) is 1.26. The molecule has 10 heteroatoms. The van der Waals surface area contributed by atoms with Gasteiger partial charge in [0.1, 0.15) is 5.69 Å². The van der Waals surface area contributed by atoms with Gasteiger partial charge in [-0.05, 0) is 44.0 Å². The van der Waals surface area contributed by atoms with Gasteiger partial charge >= 0.3 is 5.97 Å². The van der Waals surface area contributed by atoms with Gasteiger partial charge in [0.15, 0.2) is 16.7 Å². The number of hydrogen-bond acceptors (Lipinski definition) is 9. The molecule has 1 atom stereocenters. The molecule has 31 heavy (non-hydrogen) atoms. The number of nitrogens with one attached hydrogen (secondary N) is 1. The van der Waals surface area contributed by atoms with Gasteiger partial charge in [-0.3, -0.25) is 9.59 Å². The van der Waals surface area contributed by atoms with E-state index >= 15 is 0 Å². The second kappa shape index (κ2) is 9.69. The number of piperidine rings is 1. The van der Waals surface area contributed by atoms with Gasteiger partial charge in [-0.1, -0.05) is 0 Å². The van der Waals surface area contributed by atoms with E-state index in [4.69, 9.17) is 9.15 Å². The predicted octanol–water partition coefficient (Wildman–Crippen LogP) is 3.15. The highest BCUT2D eigenvalue weighted by Gasteiger charge is 2.27. The average Bonchev–Trinajstić information content (AvgIpc) is 3.47. The van der Waals surface area contributed by atoms with Crippen molar-refractivity contribution in [3.63, 3.8) is 0 Å². The summed E-state index contributed by atoms with van der Waals surface area (Å²) in [4.78, 5) is 30.7. The molecule has 3 aromatic heterocycles. The third-order valence-corrected chi connectivity index (χ3v) is 5.76. The fourth-order valence-electron chi connectivity index (χ4n) is 3.46. The Morgan fingerprint density at radius 1 is 1.32 bits per heavy atom. The lowest BCUT2D eigenvalue weighted by Gasteiger charge is -2.32. The Hall–Kier alpha value is -3.27. The van der Waals surface area contributed by atoms with Crippen molar-refractivity contribution < 1.29 is 18.7 Å². The van der Waals surface area contributed by atoms with Crippen molar-refractivity contribution in [2.75, 3.05) is 29.9 Å². The minimum Gasteiger partial charge on any atom is -0.466 e. The summed E-state index contributed by atoms with van der Waals surface area (Å²) >= 11 is 1.30. The molecule has 0 saturated carbocycles. The molecule has 1 aliphatic heterocycles. The molecule has 1 amide bonds. The van der Waals surface area contributed by atoms with E-state index < -0.39 is 0 Å². The van der Waals surface area contributed by atoms with Crippen LogP contribution in [0.4, 0.5) is 10.9 Å². The number of esters is 1. The number of ether oxygens (including phenoxy) is 1. The zero-order valence-electron chi connectivity index (χ0n) is 17.1. The molecule has 1 fully saturated rings. The molecule has 162 valence electrons. The number of carbonyl (C=O) groups is 2. The number of hydrogen-bond donors (Lipinski definition) is 1. The van der Waals surface area contributed by atoms with Crippen LogP contribution in [0.25, 0.3) is 11.5 Å². The Morgan fingerprint density at radius 3 is 2.97 bits per heavy atom.